The molecule has 0 aliphatic carbocycles. The summed E-state index contributed by atoms with van der Waals surface area (Å²) in [6.07, 6.45) is 61.4. The van der Waals surface area contributed by atoms with Gasteiger partial charge in [-0.05, 0) is 77.0 Å². The van der Waals surface area contributed by atoms with Gasteiger partial charge < -0.3 is 20.3 Å². The second-order valence-corrected chi connectivity index (χ2v) is 18.0. The topological polar surface area (TPSA) is 95.9 Å². The predicted molar refractivity (Wildman–Crippen MR) is 268 cm³/mol. The van der Waals surface area contributed by atoms with Crippen LogP contribution < -0.4 is 5.32 Å². The monoisotopic (exact) mass is 868 g/mol. The molecule has 0 aliphatic rings. The van der Waals surface area contributed by atoms with E-state index in [1.165, 1.54) is 135 Å². The maximum atomic E-state index is 13.2. The van der Waals surface area contributed by atoms with Crippen LogP contribution in [0.4, 0.5) is 0 Å². The van der Waals surface area contributed by atoms with Crippen LogP contribution in [-0.2, 0) is 14.3 Å². The van der Waals surface area contributed by atoms with Crippen LogP contribution in [-0.4, -0.2) is 46.9 Å². The Kier molecular flexibility index (Phi) is 47.6. The molecule has 0 aliphatic heterocycles. The predicted octanol–water partition coefficient (Wildman–Crippen LogP) is 16.0. The van der Waals surface area contributed by atoms with Gasteiger partial charge in [0, 0.05) is 6.42 Å². The fourth-order valence-electron chi connectivity index (χ4n) is 7.87. The Morgan fingerprint density at radius 2 is 0.935 bits per heavy atom. The normalized spacial score (nSPS) is 13.7. The molecule has 62 heavy (non-hydrogen) atoms. The van der Waals surface area contributed by atoms with E-state index in [1.807, 2.05) is 12.2 Å². The van der Waals surface area contributed by atoms with Gasteiger partial charge in [0.1, 0.15) is 6.10 Å². The van der Waals surface area contributed by atoms with Crippen LogP contribution in [0.3, 0.4) is 0 Å². The standard InChI is InChI=1S/C56H101NO5/c1-4-7-10-13-16-19-22-24-25-26-27-28-29-31-34-37-40-43-46-49-56(61)62-52(47-44-41-38-35-32-21-18-15-12-9-6-3)50-55(60)57-53(51-58)54(59)48-45-42-39-36-33-30-23-20-17-14-11-8-5-2/h9,12,15-16,18-19,21,24-25,32,52-54,58-59H,4-8,10-11,13-14,17,20,22-23,26-31,33-51H2,1-3H3,(H,57,60)/b12-9+,18-15+,19-16-,25-24-,32-21-. The van der Waals surface area contributed by atoms with Gasteiger partial charge in [0.05, 0.1) is 25.2 Å². The Labute approximate surface area is 384 Å². The number of carbonyl (C=O) groups excluding carboxylic acids is 2. The molecule has 6 heteroatoms. The van der Waals surface area contributed by atoms with E-state index in [2.05, 4.69) is 74.7 Å². The Hall–Kier alpha value is -2.44. The van der Waals surface area contributed by atoms with Crippen molar-refractivity contribution >= 4 is 11.9 Å². The molecule has 0 radical (unpaired) electrons. The number of ether oxygens (including phenoxy) is 1. The minimum Gasteiger partial charge on any atom is -0.462 e. The summed E-state index contributed by atoms with van der Waals surface area (Å²) in [4.78, 5) is 26.1. The summed E-state index contributed by atoms with van der Waals surface area (Å²) in [5.74, 6) is -0.511. The Bertz CT molecular complexity index is 1110. The fraction of sp³-hybridized carbons (Fsp3) is 0.786. The summed E-state index contributed by atoms with van der Waals surface area (Å²) >= 11 is 0. The number of nitrogens with one attached hydrogen (secondary N) is 1. The largest absolute Gasteiger partial charge is 0.462 e. The smallest absolute Gasteiger partial charge is 0.306 e. The number of hydrogen-bond donors (Lipinski definition) is 3. The van der Waals surface area contributed by atoms with Gasteiger partial charge in [-0.15, -0.1) is 0 Å². The molecule has 0 saturated carbocycles. The minimum atomic E-state index is -0.798. The summed E-state index contributed by atoms with van der Waals surface area (Å²) in [5.41, 5.74) is 0. The molecule has 3 N–H and O–H groups in total. The zero-order valence-electron chi connectivity index (χ0n) is 41.0. The Morgan fingerprint density at radius 3 is 1.48 bits per heavy atom. The first kappa shape index (κ1) is 59.6. The molecule has 0 saturated heterocycles. The van der Waals surface area contributed by atoms with Gasteiger partial charge in [0.2, 0.25) is 5.91 Å². The van der Waals surface area contributed by atoms with Crippen molar-refractivity contribution in [2.45, 2.75) is 277 Å². The van der Waals surface area contributed by atoms with E-state index in [-0.39, 0.29) is 24.9 Å². The molecule has 0 heterocycles. The number of unbranched alkanes of at least 4 members (excludes halogenated alkanes) is 27. The van der Waals surface area contributed by atoms with Gasteiger partial charge in [-0.25, -0.2) is 0 Å². The summed E-state index contributed by atoms with van der Waals surface area (Å²) in [7, 11) is 0. The van der Waals surface area contributed by atoms with Crippen LogP contribution in [0.2, 0.25) is 0 Å². The van der Waals surface area contributed by atoms with Crippen molar-refractivity contribution in [1.82, 2.24) is 5.32 Å². The summed E-state index contributed by atoms with van der Waals surface area (Å²) < 4.78 is 5.92. The van der Waals surface area contributed by atoms with Gasteiger partial charge >= 0.3 is 5.97 Å². The van der Waals surface area contributed by atoms with E-state index >= 15 is 0 Å². The number of aliphatic hydroxyl groups is 2. The van der Waals surface area contributed by atoms with E-state index in [4.69, 9.17) is 4.74 Å². The van der Waals surface area contributed by atoms with Crippen LogP contribution in [0.5, 0.6) is 0 Å². The lowest BCUT2D eigenvalue weighted by molar-refractivity contribution is -0.151. The van der Waals surface area contributed by atoms with E-state index in [0.717, 1.165) is 77.0 Å². The lowest BCUT2D eigenvalue weighted by atomic mass is 10.0. The number of esters is 1. The third-order valence-corrected chi connectivity index (χ3v) is 11.9. The molecule has 0 rings (SSSR count). The highest BCUT2D eigenvalue weighted by Gasteiger charge is 2.24. The van der Waals surface area contributed by atoms with Crippen LogP contribution in [0.15, 0.2) is 60.8 Å². The highest BCUT2D eigenvalue weighted by molar-refractivity contribution is 5.77. The lowest BCUT2D eigenvalue weighted by Gasteiger charge is -2.24. The zero-order valence-corrected chi connectivity index (χ0v) is 41.0. The maximum absolute atomic E-state index is 13.2. The van der Waals surface area contributed by atoms with Gasteiger partial charge in [-0.2, -0.15) is 0 Å². The van der Waals surface area contributed by atoms with Crippen molar-refractivity contribution in [1.29, 1.82) is 0 Å². The van der Waals surface area contributed by atoms with Gasteiger partial charge in [-0.3, -0.25) is 9.59 Å². The third-order valence-electron chi connectivity index (χ3n) is 11.9. The van der Waals surface area contributed by atoms with Gasteiger partial charge in [0.25, 0.3) is 0 Å². The van der Waals surface area contributed by atoms with Crippen molar-refractivity contribution in [2.24, 2.45) is 0 Å². The molecule has 360 valence electrons. The molecular weight excluding hydrogens is 767 g/mol. The number of amides is 1. The van der Waals surface area contributed by atoms with Crippen molar-refractivity contribution in [3.05, 3.63) is 60.8 Å². The molecule has 3 unspecified atom stereocenters. The van der Waals surface area contributed by atoms with Crippen LogP contribution in [0, 0.1) is 0 Å². The highest BCUT2D eigenvalue weighted by atomic mass is 16.5. The molecule has 6 nitrogen and oxygen atoms in total. The Balaban J connectivity index is 4.51. The molecule has 0 aromatic carbocycles. The van der Waals surface area contributed by atoms with Crippen LogP contribution in [0.25, 0.3) is 0 Å². The molecular formula is C56H101NO5. The first-order valence-corrected chi connectivity index (χ1v) is 26.5. The molecule has 0 spiro atoms. The van der Waals surface area contributed by atoms with Gasteiger partial charge in [-0.1, -0.05) is 229 Å². The highest BCUT2D eigenvalue weighted by Crippen LogP contribution is 2.18. The molecule has 0 fully saturated rings. The molecule has 0 aromatic heterocycles. The zero-order chi connectivity index (χ0) is 45.2. The fourth-order valence-corrected chi connectivity index (χ4v) is 7.87. The number of rotatable bonds is 47. The van der Waals surface area contributed by atoms with Crippen molar-refractivity contribution < 1.29 is 24.5 Å². The summed E-state index contributed by atoms with van der Waals surface area (Å²) in [5, 5.41) is 23.8. The van der Waals surface area contributed by atoms with Crippen molar-refractivity contribution in [3.63, 3.8) is 0 Å². The molecule has 3 atom stereocenters. The minimum absolute atomic E-state index is 0.0521. The van der Waals surface area contributed by atoms with E-state index in [1.54, 1.807) is 0 Å². The maximum Gasteiger partial charge on any atom is 0.306 e. The van der Waals surface area contributed by atoms with E-state index in [0.29, 0.717) is 19.3 Å². The number of carbonyl (C=O) groups is 2. The number of aliphatic hydroxyl groups excluding tert-OH is 2. The first-order chi connectivity index (χ1) is 30.5. The molecule has 1 amide bonds. The third kappa shape index (κ3) is 44.2. The van der Waals surface area contributed by atoms with E-state index < -0.39 is 18.2 Å². The second kappa shape index (κ2) is 49.6. The van der Waals surface area contributed by atoms with E-state index in [9.17, 15) is 19.8 Å². The second-order valence-electron chi connectivity index (χ2n) is 18.0. The average molecular weight is 868 g/mol. The van der Waals surface area contributed by atoms with Gasteiger partial charge in [0.15, 0.2) is 0 Å². The SMILES string of the molecule is CC/C=C/C=C/C=C\CCCCCC(CC(=O)NC(CO)C(O)CCCCCCCCCCCCCCC)OC(=O)CCCCCCCCCCC/C=C\C/C=C\CCCCC. The van der Waals surface area contributed by atoms with Crippen molar-refractivity contribution in [3.8, 4) is 0 Å². The molecule has 0 bridgehead atoms. The van der Waals surface area contributed by atoms with Crippen LogP contribution >= 0.6 is 0 Å². The average Bonchev–Trinajstić information content (AvgIpc) is 3.26. The number of allylic oxidation sites excluding steroid dienone is 10. The lowest BCUT2D eigenvalue weighted by Crippen LogP contribution is -2.46. The van der Waals surface area contributed by atoms with Crippen LogP contribution in [0.1, 0.15) is 258 Å². The quantitative estimate of drug-likeness (QED) is 0.0245. The Morgan fingerprint density at radius 1 is 0.500 bits per heavy atom. The summed E-state index contributed by atoms with van der Waals surface area (Å²) in [6.45, 7) is 6.32. The summed E-state index contributed by atoms with van der Waals surface area (Å²) in [6, 6.07) is -0.714. The molecule has 0 aromatic rings. The number of hydrogen-bond acceptors (Lipinski definition) is 5. The van der Waals surface area contributed by atoms with Crippen molar-refractivity contribution in [2.75, 3.05) is 6.61 Å². The first-order valence-electron chi connectivity index (χ1n) is 26.5.